The number of hydrogen-bond donors (Lipinski definition) is 4. The zero-order chi connectivity index (χ0) is 18.3. The summed E-state index contributed by atoms with van der Waals surface area (Å²) in [6, 6.07) is 4.61. The first-order valence-corrected chi connectivity index (χ1v) is 8.51. The Kier molecular flexibility index (Phi) is 7.18. The van der Waals surface area contributed by atoms with Gasteiger partial charge in [-0.25, -0.2) is 0 Å². The van der Waals surface area contributed by atoms with Gasteiger partial charge in [-0.05, 0) is 32.4 Å². The number of hydrogen-bond acceptors (Lipinski definition) is 5. The van der Waals surface area contributed by atoms with E-state index in [1.165, 1.54) is 6.07 Å². The van der Waals surface area contributed by atoms with E-state index in [2.05, 4.69) is 10.0 Å². The fourth-order valence-corrected chi connectivity index (χ4v) is 2.26. The predicted molar refractivity (Wildman–Crippen MR) is 92.6 cm³/mol. The summed E-state index contributed by atoms with van der Waals surface area (Å²) >= 11 is -2.56. The maximum atomic E-state index is 12.1. The van der Waals surface area contributed by atoms with E-state index in [1.54, 1.807) is 26.0 Å². The van der Waals surface area contributed by atoms with Crippen molar-refractivity contribution in [2.45, 2.75) is 27.2 Å². The van der Waals surface area contributed by atoms with Gasteiger partial charge in [0.1, 0.15) is 18.2 Å². The van der Waals surface area contributed by atoms with Crippen LogP contribution < -0.4 is 20.5 Å². The summed E-state index contributed by atoms with van der Waals surface area (Å²) in [6.07, 6.45) is 0.831. The van der Waals surface area contributed by atoms with Gasteiger partial charge in [-0.3, -0.25) is 14.4 Å². The minimum atomic E-state index is -2.56. The number of nitrogen functional groups attached to an aromatic ring is 1. The highest BCUT2D eigenvalue weighted by atomic mass is 32.2. The number of amides is 1. The van der Waals surface area contributed by atoms with Crippen molar-refractivity contribution in [2.75, 3.05) is 17.9 Å². The Morgan fingerprint density at radius 3 is 2.67 bits per heavy atom. The lowest BCUT2D eigenvalue weighted by atomic mass is 9.93. The Balaban J connectivity index is 2.96. The first kappa shape index (κ1) is 19.9. The van der Waals surface area contributed by atoms with Gasteiger partial charge in [0.15, 0.2) is 0 Å². The summed E-state index contributed by atoms with van der Waals surface area (Å²) in [5, 5.41) is 10.5. The minimum Gasteiger partial charge on any atom is -0.755 e. The van der Waals surface area contributed by atoms with E-state index in [0.29, 0.717) is 6.54 Å². The summed E-state index contributed by atoms with van der Waals surface area (Å²) < 4.78 is 29.5. The van der Waals surface area contributed by atoms with Gasteiger partial charge < -0.3 is 25.1 Å². The SMILES string of the molecule is CCCNC(=O)C(C)(C)COc1cccc(NS(=O)[O-])c1C(=N)N. The van der Waals surface area contributed by atoms with Crippen LogP contribution >= 0.6 is 0 Å². The monoisotopic (exact) mass is 355 g/mol. The van der Waals surface area contributed by atoms with Crippen molar-refractivity contribution in [1.29, 1.82) is 5.41 Å². The molecule has 0 aliphatic rings. The molecule has 8 nitrogen and oxygen atoms in total. The number of carbonyl (C=O) groups is 1. The van der Waals surface area contributed by atoms with Crippen LogP contribution in [0.4, 0.5) is 5.69 Å². The van der Waals surface area contributed by atoms with E-state index >= 15 is 0 Å². The number of carbonyl (C=O) groups excluding carboxylic acids is 1. The van der Waals surface area contributed by atoms with E-state index in [9.17, 15) is 13.6 Å². The van der Waals surface area contributed by atoms with Gasteiger partial charge in [0, 0.05) is 17.8 Å². The van der Waals surface area contributed by atoms with Crippen molar-refractivity contribution in [2.24, 2.45) is 11.1 Å². The van der Waals surface area contributed by atoms with Crippen LogP contribution in [0.3, 0.4) is 0 Å². The van der Waals surface area contributed by atoms with E-state index in [4.69, 9.17) is 15.9 Å². The van der Waals surface area contributed by atoms with Crippen LogP contribution in [0.5, 0.6) is 5.75 Å². The van der Waals surface area contributed by atoms with E-state index in [-0.39, 0.29) is 35.4 Å². The molecule has 0 bridgehead atoms. The van der Waals surface area contributed by atoms with Crippen LogP contribution in [0.2, 0.25) is 0 Å². The topological polar surface area (TPSA) is 140 Å². The minimum absolute atomic E-state index is 0.0484. The smallest absolute Gasteiger partial charge is 0.229 e. The molecule has 1 aromatic carbocycles. The molecule has 1 aromatic rings. The van der Waals surface area contributed by atoms with Crippen molar-refractivity contribution in [3.05, 3.63) is 23.8 Å². The molecule has 134 valence electrons. The number of nitrogens with two attached hydrogens (primary N) is 1. The number of benzene rings is 1. The van der Waals surface area contributed by atoms with Gasteiger partial charge in [-0.1, -0.05) is 13.0 Å². The summed E-state index contributed by atoms with van der Waals surface area (Å²) in [6.45, 7) is 6.06. The van der Waals surface area contributed by atoms with Crippen LogP contribution in [0.25, 0.3) is 0 Å². The predicted octanol–water partition coefficient (Wildman–Crippen LogP) is 1.11. The van der Waals surface area contributed by atoms with Crippen molar-refractivity contribution in [3.8, 4) is 5.75 Å². The Morgan fingerprint density at radius 1 is 1.46 bits per heavy atom. The molecule has 1 rings (SSSR count). The molecule has 0 spiro atoms. The van der Waals surface area contributed by atoms with E-state index < -0.39 is 16.7 Å². The summed E-state index contributed by atoms with van der Waals surface area (Å²) in [4.78, 5) is 12.1. The third-order valence-electron chi connectivity index (χ3n) is 3.23. The first-order valence-electron chi connectivity index (χ1n) is 7.43. The molecule has 0 radical (unpaired) electrons. The third-order valence-corrected chi connectivity index (χ3v) is 3.61. The number of nitrogens with one attached hydrogen (secondary N) is 3. The highest BCUT2D eigenvalue weighted by Gasteiger charge is 2.29. The Bertz CT molecular complexity index is 634. The zero-order valence-corrected chi connectivity index (χ0v) is 14.8. The van der Waals surface area contributed by atoms with Crippen molar-refractivity contribution in [1.82, 2.24) is 5.32 Å². The molecule has 9 heteroatoms. The largest absolute Gasteiger partial charge is 0.755 e. The Morgan fingerprint density at radius 2 is 2.12 bits per heavy atom. The molecule has 1 atom stereocenters. The van der Waals surface area contributed by atoms with Gasteiger partial charge in [0.05, 0.1) is 16.7 Å². The number of ether oxygens (including phenoxy) is 1. The highest BCUT2D eigenvalue weighted by Crippen LogP contribution is 2.28. The maximum Gasteiger partial charge on any atom is 0.229 e. The van der Waals surface area contributed by atoms with Crippen molar-refractivity contribution < 1.29 is 18.3 Å². The van der Waals surface area contributed by atoms with Crippen LogP contribution in [0, 0.1) is 10.8 Å². The third kappa shape index (κ3) is 5.50. The Labute approximate surface area is 144 Å². The zero-order valence-electron chi connectivity index (χ0n) is 14.0. The summed E-state index contributed by atoms with van der Waals surface area (Å²) in [7, 11) is 0. The molecule has 0 aromatic heterocycles. The second kappa shape index (κ2) is 8.65. The van der Waals surface area contributed by atoms with Gasteiger partial charge in [-0.15, -0.1) is 0 Å². The average molecular weight is 355 g/mol. The molecule has 1 amide bonds. The van der Waals surface area contributed by atoms with Crippen LogP contribution in [-0.4, -0.2) is 33.7 Å². The normalized spacial score (nSPS) is 12.3. The average Bonchev–Trinajstić information content (AvgIpc) is 2.49. The van der Waals surface area contributed by atoms with Gasteiger partial charge >= 0.3 is 0 Å². The Hall–Kier alpha value is -2.13. The fourth-order valence-electron chi connectivity index (χ4n) is 1.91. The molecule has 0 aliphatic heterocycles. The molecule has 0 saturated heterocycles. The molecule has 0 fully saturated rings. The number of anilines is 1. The molecule has 1 unspecified atom stereocenters. The molecule has 0 saturated carbocycles. The van der Waals surface area contributed by atoms with Crippen molar-refractivity contribution in [3.63, 3.8) is 0 Å². The molecular weight excluding hydrogens is 332 g/mol. The molecule has 24 heavy (non-hydrogen) atoms. The maximum absolute atomic E-state index is 12.1. The fraction of sp³-hybridized carbons (Fsp3) is 0.467. The second-order valence-corrected chi connectivity index (χ2v) is 6.53. The lowest BCUT2D eigenvalue weighted by molar-refractivity contribution is -0.130. The van der Waals surface area contributed by atoms with E-state index in [1.807, 2.05) is 6.92 Å². The molecule has 5 N–H and O–H groups in total. The van der Waals surface area contributed by atoms with Crippen LogP contribution in [-0.2, 0) is 16.1 Å². The molecule has 0 aliphatic carbocycles. The second-order valence-electron chi connectivity index (χ2n) is 5.86. The quantitative estimate of drug-likeness (QED) is 0.298. The number of rotatable bonds is 9. The molecular formula is C15H23N4O4S-. The van der Waals surface area contributed by atoms with Crippen LogP contribution in [0.15, 0.2) is 18.2 Å². The lowest BCUT2D eigenvalue weighted by Crippen LogP contribution is -2.41. The summed E-state index contributed by atoms with van der Waals surface area (Å²) in [5.41, 5.74) is 5.01. The van der Waals surface area contributed by atoms with Gasteiger partial charge in [-0.2, -0.15) is 0 Å². The van der Waals surface area contributed by atoms with Crippen LogP contribution in [0.1, 0.15) is 32.8 Å². The first-order chi connectivity index (χ1) is 11.2. The standard InChI is InChI=1S/C15H24N4O4S/c1-4-8-18-14(20)15(2,3)9-23-11-7-5-6-10(19-24(21)22)12(11)13(16)17/h5-7,19H,4,8-9H2,1-3H3,(H3,16,17)(H,18,20)(H,21,22)/p-1. The summed E-state index contributed by atoms with van der Waals surface area (Å²) in [5.74, 6) is -0.259. The highest BCUT2D eigenvalue weighted by molar-refractivity contribution is 7.80. The lowest BCUT2D eigenvalue weighted by Gasteiger charge is -2.25. The van der Waals surface area contributed by atoms with Gasteiger partial charge in [0.2, 0.25) is 5.91 Å². The number of amidine groups is 1. The van der Waals surface area contributed by atoms with Gasteiger partial charge in [0.25, 0.3) is 0 Å². The van der Waals surface area contributed by atoms with Crippen molar-refractivity contribution >= 4 is 28.7 Å². The molecule has 0 heterocycles. The van der Waals surface area contributed by atoms with E-state index in [0.717, 1.165) is 6.42 Å².